The Morgan fingerprint density at radius 2 is 1.92 bits per heavy atom. The number of methoxy groups -OCH3 is 1. The fraction of sp³-hybridized carbons (Fsp3) is 0.211. The van der Waals surface area contributed by atoms with Gasteiger partial charge in [-0.2, -0.15) is 0 Å². The lowest BCUT2D eigenvalue weighted by molar-refractivity contribution is -0.120. The highest BCUT2D eigenvalue weighted by Gasteiger charge is 2.27. The molecule has 1 atom stereocenters. The number of fused-ring (bicyclic) bond motifs is 1. The van der Waals surface area contributed by atoms with Crippen LogP contribution in [0.5, 0.6) is 5.75 Å². The Morgan fingerprint density at radius 3 is 2.58 bits per heavy atom. The molecule has 0 aliphatic carbocycles. The maximum atomic E-state index is 12.2. The summed E-state index contributed by atoms with van der Waals surface area (Å²) in [6.45, 7) is 0. The maximum Gasteiger partial charge on any atom is 0.475 e. The van der Waals surface area contributed by atoms with Crippen molar-refractivity contribution in [1.29, 1.82) is 0 Å². The number of hydrogen-bond donors (Lipinski definition) is 3. The molecule has 26 heavy (non-hydrogen) atoms. The Balaban J connectivity index is 1.64. The number of amides is 1. The van der Waals surface area contributed by atoms with Crippen LogP contribution in [0, 0.1) is 0 Å². The van der Waals surface area contributed by atoms with E-state index in [0.29, 0.717) is 11.5 Å². The Labute approximate surface area is 151 Å². The molecule has 0 aliphatic rings. The summed E-state index contributed by atoms with van der Waals surface area (Å²) in [5.74, 6) is 0.127. The van der Waals surface area contributed by atoms with Gasteiger partial charge in [-0.1, -0.05) is 30.3 Å². The van der Waals surface area contributed by atoms with E-state index < -0.39 is 13.1 Å². The molecular formula is C19H20BNO5. The van der Waals surface area contributed by atoms with Gasteiger partial charge in [0.05, 0.1) is 19.5 Å². The summed E-state index contributed by atoms with van der Waals surface area (Å²) in [5, 5.41) is 22.8. The lowest BCUT2D eigenvalue weighted by atomic mass is 9.77. The highest BCUT2D eigenvalue weighted by molar-refractivity contribution is 6.43. The highest BCUT2D eigenvalue weighted by atomic mass is 16.5. The zero-order chi connectivity index (χ0) is 18.5. The lowest BCUT2D eigenvalue weighted by Gasteiger charge is -2.16. The predicted molar refractivity (Wildman–Crippen MR) is 98.7 cm³/mol. The van der Waals surface area contributed by atoms with E-state index in [0.717, 1.165) is 16.5 Å². The topological polar surface area (TPSA) is 91.9 Å². The number of carbonyl (C=O) groups is 1. The summed E-state index contributed by atoms with van der Waals surface area (Å²) < 4.78 is 10.8. The molecular weight excluding hydrogens is 333 g/mol. The normalized spacial score (nSPS) is 12.0. The molecule has 6 nitrogen and oxygen atoms in total. The van der Waals surface area contributed by atoms with Crippen molar-refractivity contribution in [3.63, 3.8) is 0 Å². The monoisotopic (exact) mass is 353 g/mol. The molecule has 0 saturated carbocycles. The predicted octanol–water partition coefficient (Wildman–Crippen LogP) is 1.72. The van der Waals surface area contributed by atoms with Gasteiger partial charge in [0.15, 0.2) is 0 Å². The zero-order valence-electron chi connectivity index (χ0n) is 14.4. The third-order valence-corrected chi connectivity index (χ3v) is 4.13. The number of rotatable bonds is 7. The van der Waals surface area contributed by atoms with Crippen molar-refractivity contribution in [2.45, 2.75) is 18.8 Å². The Morgan fingerprint density at radius 1 is 1.19 bits per heavy atom. The van der Waals surface area contributed by atoms with Crippen molar-refractivity contribution in [2.24, 2.45) is 0 Å². The molecule has 1 amide bonds. The van der Waals surface area contributed by atoms with E-state index in [1.165, 1.54) is 0 Å². The minimum atomic E-state index is -1.69. The van der Waals surface area contributed by atoms with E-state index >= 15 is 0 Å². The molecule has 3 N–H and O–H groups in total. The molecule has 7 heteroatoms. The second kappa shape index (κ2) is 8.08. The minimum Gasteiger partial charge on any atom is -0.497 e. The van der Waals surface area contributed by atoms with Crippen LogP contribution in [0.25, 0.3) is 11.0 Å². The molecule has 1 aromatic heterocycles. The van der Waals surface area contributed by atoms with Crippen LogP contribution in [0.4, 0.5) is 0 Å². The summed E-state index contributed by atoms with van der Waals surface area (Å²) in [5.41, 5.74) is 1.52. The van der Waals surface area contributed by atoms with Gasteiger partial charge < -0.3 is 24.5 Å². The van der Waals surface area contributed by atoms with Gasteiger partial charge in [0.25, 0.3) is 0 Å². The third kappa shape index (κ3) is 4.44. The number of para-hydroxylation sites is 1. The molecule has 0 fully saturated rings. The Bertz CT molecular complexity index is 842. The van der Waals surface area contributed by atoms with E-state index in [2.05, 4.69) is 5.32 Å². The number of ether oxygens (including phenoxy) is 1. The molecule has 1 heterocycles. The molecule has 0 aliphatic heterocycles. The van der Waals surface area contributed by atoms with Gasteiger partial charge in [-0.05, 0) is 29.8 Å². The fourth-order valence-electron chi connectivity index (χ4n) is 2.77. The first-order valence-corrected chi connectivity index (χ1v) is 8.31. The van der Waals surface area contributed by atoms with E-state index in [4.69, 9.17) is 9.15 Å². The van der Waals surface area contributed by atoms with Gasteiger partial charge in [-0.25, -0.2) is 0 Å². The van der Waals surface area contributed by atoms with E-state index in [1.807, 2.05) is 30.3 Å². The van der Waals surface area contributed by atoms with Crippen LogP contribution in [0.1, 0.15) is 11.3 Å². The molecule has 2 aromatic carbocycles. The molecule has 0 spiro atoms. The summed E-state index contributed by atoms with van der Waals surface area (Å²) in [6.07, 6.45) is 0.314. The molecule has 0 radical (unpaired) electrons. The van der Waals surface area contributed by atoms with Crippen molar-refractivity contribution in [3.8, 4) is 5.75 Å². The van der Waals surface area contributed by atoms with Crippen LogP contribution in [0.3, 0.4) is 0 Å². The first kappa shape index (κ1) is 18.0. The van der Waals surface area contributed by atoms with E-state index in [-0.39, 0.29) is 18.7 Å². The van der Waals surface area contributed by atoms with Crippen molar-refractivity contribution in [3.05, 3.63) is 65.9 Å². The van der Waals surface area contributed by atoms with Gasteiger partial charge >= 0.3 is 7.12 Å². The quantitative estimate of drug-likeness (QED) is 0.563. The van der Waals surface area contributed by atoms with E-state index in [9.17, 15) is 14.8 Å². The lowest BCUT2D eigenvalue weighted by Crippen LogP contribution is -2.48. The largest absolute Gasteiger partial charge is 0.497 e. The Kier molecular flexibility index (Phi) is 5.60. The van der Waals surface area contributed by atoms with Gasteiger partial charge in [0.2, 0.25) is 5.91 Å². The smallest absolute Gasteiger partial charge is 0.475 e. The molecule has 3 aromatic rings. The third-order valence-electron chi connectivity index (χ3n) is 4.13. The molecule has 0 unspecified atom stereocenters. The van der Waals surface area contributed by atoms with Crippen LogP contribution in [0.15, 0.2) is 59.0 Å². The van der Waals surface area contributed by atoms with Crippen LogP contribution in [-0.4, -0.2) is 36.1 Å². The molecule has 3 rings (SSSR count). The second-order valence-corrected chi connectivity index (χ2v) is 6.07. The number of nitrogens with one attached hydrogen (secondary N) is 1. The number of benzene rings is 2. The number of carbonyl (C=O) groups excluding carboxylic acids is 1. The average molecular weight is 353 g/mol. The number of furan rings is 1. The average Bonchev–Trinajstić information content (AvgIpc) is 3.04. The SMILES string of the molecule is COc1ccc(CC(=O)N[C@@H](Cc2cc3ccccc3o2)B(O)O)cc1. The van der Waals surface area contributed by atoms with Crippen molar-refractivity contribution >= 4 is 24.0 Å². The zero-order valence-corrected chi connectivity index (χ0v) is 14.4. The van der Waals surface area contributed by atoms with Crippen LogP contribution < -0.4 is 10.1 Å². The van der Waals surface area contributed by atoms with Crippen LogP contribution in [0.2, 0.25) is 0 Å². The van der Waals surface area contributed by atoms with Crippen LogP contribution >= 0.6 is 0 Å². The van der Waals surface area contributed by atoms with Gasteiger partial charge in [-0.3, -0.25) is 4.79 Å². The second-order valence-electron chi connectivity index (χ2n) is 6.07. The first-order chi connectivity index (χ1) is 12.5. The van der Waals surface area contributed by atoms with Crippen molar-refractivity contribution < 1.29 is 24.0 Å². The molecule has 134 valence electrons. The highest BCUT2D eigenvalue weighted by Crippen LogP contribution is 2.20. The fourth-order valence-corrected chi connectivity index (χ4v) is 2.77. The minimum absolute atomic E-state index is 0.132. The summed E-state index contributed by atoms with van der Waals surface area (Å²) >= 11 is 0. The standard InChI is InChI=1S/C19H20BNO5/c1-25-15-8-6-13(7-9-15)10-19(22)21-18(20(23)24)12-16-11-14-4-2-3-5-17(14)26-16/h2-9,11,18,23-24H,10,12H2,1H3,(H,21,22)/t18-/m0/s1. The molecule has 0 bridgehead atoms. The summed E-state index contributed by atoms with van der Waals surface area (Å²) in [6, 6.07) is 16.5. The number of hydrogen-bond acceptors (Lipinski definition) is 5. The van der Waals surface area contributed by atoms with E-state index in [1.54, 1.807) is 31.4 Å². The summed E-state index contributed by atoms with van der Waals surface area (Å²) in [4.78, 5) is 12.2. The van der Waals surface area contributed by atoms with Gasteiger partial charge in [0.1, 0.15) is 17.1 Å². The van der Waals surface area contributed by atoms with Crippen molar-refractivity contribution in [1.82, 2.24) is 5.32 Å². The van der Waals surface area contributed by atoms with Crippen LogP contribution in [-0.2, 0) is 17.6 Å². The Hall–Kier alpha value is -2.77. The maximum absolute atomic E-state index is 12.2. The molecule has 0 saturated heterocycles. The first-order valence-electron chi connectivity index (χ1n) is 8.31. The van der Waals surface area contributed by atoms with Gasteiger partial charge in [0, 0.05) is 11.8 Å². The van der Waals surface area contributed by atoms with Crippen molar-refractivity contribution in [2.75, 3.05) is 7.11 Å². The summed E-state index contributed by atoms with van der Waals surface area (Å²) in [7, 11) is -0.115. The van der Waals surface area contributed by atoms with Gasteiger partial charge in [-0.15, -0.1) is 0 Å².